The number of nitrogens with one attached hydrogen (secondary N) is 1. The lowest BCUT2D eigenvalue weighted by atomic mass is 9.79. The van der Waals surface area contributed by atoms with Crippen molar-refractivity contribution in [1.29, 1.82) is 0 Å². The summed E-state index contributed by atoms with van der Waals surface area (Å²) in [7, 11) is 0. The molecule has 144 valence electrons. The molecule has 2 aromatic carbocycles. The summed E-state index contributed by atoms with van der Waals surface area (Å²) in [6.45, 7) is 0.588. The molecule has 27 heavy (non-hydrogen) atoms. The Morgan fingerprint density at radius 2 is 1.81 bits per heavy atom. The van der Waals surface area contributed by atoms with Gasteiger partial charge in [0.1, 0.15) is 5.75 Å². The molecular formula is C21H24FNO4. The normalized spacial score (nSPS) is 22.2. The minimum absolute atomic E-state index is 0.0982. The van der Waals surface area contributed by atoms with Crippen molar-refractivity contribution < 1.29 is 24.1 Å². The Kier molecular flexibility index (Phi) is 5.96. The van der Waals surface area contributed by atoms with Gasteiger partial charge >= 0.3 is 0 Å². The number of amides is 1. The third-order valence-corrected chi connectivity index (χ3v) is 5.05. The van der Waals surface area contributed by atoms with Gasteiger partial charge in [-0.2, -0.15) is 0 Å². The first-order chi connectivity index (χ1) is 13.0. The number of aromatic hydroxyl groups is 1. The molecule has 0 spiro atoms. The number of carbonyl (C=O) groups excluding carboxylic acids is 1. The van der Waals surface area contributed by atoms with Gasteiger partial charge in [-0.3, -0.25) is 4.79 Å². The number of carbonyl (C=O) groups is 1. The summed E-state index contributed by atoms with van der Waals surface area (Å²) >= 11 is 0. The van der Waals surface area contributed by atoms with Crippen LogP contribution in [0.15, 0.2) is 48.5 Å². The molecule has 3 N–H and O–H groups in total. The third-order valence-electron chi connectivity index (χ3n) is 5.05. The number of benzene rings is 2. The number of aliphatic hydroxyl groups is 1. The van der Waals surface area contributed by atoms with Gasteiger partial charge in [0, 0.05) is 12.1 Å². The van der Waals surface area contributed by atoms with Gasteiger partial charge in [0.05, 0.1) is 12.2 Å². The molecule has 3 rings (SSSR count). The zero-order chi connectivity index (χ0) is 19.3. The van der Waals surface area contributed by atoms with Crippen LogP contribution in [0.2, 0.25) is 0 Å². The summed E-state index contributed by atoms with van der Waals surface area (Å²) in [6, 6.07) is 12.3. The van der Waals surface area contributed by atoms with E-state index in [9.17, 15) is 19.4 Å². The standard InChI is InChI=1S/C21H24FNO4/c22-18-3-1-2-4-19(18)27-13-15-9-11-21(26,12-10-15)14-23-20(25)16-5-7-17(24)8-6-16/h1-8,15,24,26H,9-14H2,(H,23,25)/t15-,21+. The first-order valence-corrected chi connectivity index (χ1v) is 9.12. The fourth-order valence-electron chi connectivity index (χ4n) is 3.29. The highest BCUT2D eigenvalue weighted by Gasteiger charge is 2.33. The molecule has 0 aromatic heterocycles. The lowest BCUT2D eigenvalue weighted by Crippen LogP contribution is -2.45. The van der Waals surface area contributed by atoms with Crippen LogP contribution in [-0.4, -0.2) is 34.9 Å². The van der Waals surface area contributed by atoms with E-state index in [-0.39, 0.29) is 35.7 Å². The first kappa shape index (κ1) is 19.2. The molecule has 1 aliphatic rings. The molecular weight excluding hydrogens is 349 g/mol. The molecule has 0 saturated heterocycles. The first-order valence-electron chi connectivity index (χ1n) is 9.12. The fraction of sp³-hybridized carbons (Fsp3) is 0.381. The van der Waals surface area contributed by atoms with Crippen LogP contribution in [-0.2, 0) is 0 Å². The monoisotopic (exact) mass is 373 g/mol. The highest BCUT2D eigenvalue weighted by atomic mass is 19.1. The van der Waals surface area contributed by atoms with Crippen molar-refractivity contribution in [2.24, 2.45) is 5.92 Å². The summed E-state index contributed by atoms with van der Waals surface area (Å²) < 4.78 is 19.1. The molecule has 0 unspecified atom stereocenters. The number of ether oxygens (including phenoxy) is 1. The molecule has 1 saturated carbocycles. The molecule has 1 aliphatic carbocycles. The van der Waals surface area contributed by atoms with Gasteiger partial charge in [-0.25, -0.2) is 4.39 Å². The maximum Gasteiger partial charge on any atom is 0.251 e. The Labute approximate surface area is 157 Å². The number of rotatable bonds is 6. The summed E-state index contributed by atoms with van der Waals surface area (Å²) in [4.78, 5) is 12.1. The van der Waals surface area contributed by atoms with E-state index in [4.69, 9.17) is 4.74 Å². The highest BCUT2D eigenvalue weighted by molar-refractivity contribution is 5.94. The van der Waals surface area contributed by atoms with Crippen molar-refractivity contribution in [2.45, 2.75) is 31.3 Å². The smallest absolute Gasteiger partial charge is 0.251 e. The molecule has 2 aromatic rings. The lowest BCUT2D eigenvalue weighted by molar-refractivity contribution is -0.0131. The molecule has 5 nitrogen and oxygen atoms in total. The number of halogens is 1. The van der Waals surface area contributed by atoms with E-state index in [2.05, 4.69) is 5.32 Å². The second-order valence-electron chi connectivity index (χ2n) is 7.14. The van der Waals surface area contributed by atoms with Crippen LogP contribution in [0.3, 0.4) is 0 Å². The van der Waals surface area contributed by atoms with Crippen molar-refractivity contribution in [3.8, 4) is 11.5 Å². The Bertz CT molecular complexity index is 770. The minimum atomic E-state index is -0.943. The van der Waals surface area contributed by atoms with Crippen LogP contribution in [0.1, 0.15) is 36.0 Å². The SMILES string of the molecule is O=C(NC[C@]1(O)CC[C@@H](COc2ccccc2F)CC1)c1ccc(O)cc1. The van der Waals surface area contributed by atoms with Gasteiger partial charge in [-0.05, 0) is 68.0 Å². The molecule has 0 heterocycles. The Hall–Kier alpha value is -2.60. The van der Waals surface area contributed by atoms with E-state index < -0.39 is 5.60 Å². The number of hydrogen-bond donors (Lipinski definition) is 3. The van der Waals surface area contributed by atoms with E-state index in [1.54, 1.807) is 18.2 Å². The topological polar surface area (TPSA) is 78.8 Å². The van der Waals surface area contributed by atoms with Crippen LogP contribution >= 0.6 is 0 Å². The predicted octanol–water partition coefficient (Wildman–Crippen LogP) is 3.26. The van der Waals surface area contributed by atoms with Crippen molar-refractivity contribution in [3.05, 3.63) is 59.9 Å². The van der Waals surface area contributed by atoms with Gasteiger partial charge in [0.25, 0.3) is 5.91 Å². The van der Waals surface area contributed by atoms with Crippen molar-refractivity contribution in [3.63, 3.8) is 0 Å². The van der Waals surface area contributed by atoms with E-state index >= 15 is 0 Å². The second kappa shape index (κ2) is 8.39. The maximum atomic E-state index is 13.6. The summed E-state index contributed by atoms with van der Waals surface area (Å²) in [5, 5.41) is 22.7. The molecule has 0 atom stereocenters. The van der Waals surface area contributed by atoms with E-state index in [1.807, 2.05) is 0 Å². The zero-order valence-electron chi connectivity index (χ0n) is 15.0. The molecule has 0 bridgehead atoms. The second-order valence-corrected chi connectivity index (χ2v) is 7.14. The third kappa shape index (κ3) is 5.20. The largest absolute Gasteiger partial charge is 0.508 e. The van der Waals surface area contributed by atoms with Gasteiger partial charge in [0.15, 0.2) is 11.6 Å². The Morgan fingerprint density at radius 1 is 1.15 bits per heavy atom. The van der Waals surface area contributed by atoms with Gasteiger partial charge in [-0.1, -0.05) is 12.1 Å². The minimum Gasteiger partial charge on any atom is -0.508 e. The van der Waals surface area contributed by atoms with Crippen LogP contribution in [0.25, 0.3) is 0 Å². The van der Waals surface area contributed by atoms with Crippen molar-refractivity contribution in [2.75, 3.05) is 13.2 Å². The summed E-state index contributed by atoms with van der Waals surface area (Å²) in [5.41, 5.74) is -0.510. The highest BCUT2D eigenvalue weighted by Crippen LogP contribution is 2.32. The van der Waals surface area contributed by atoms with Crippen LogP contribution in [0.4, 0.5) is 4.39 Å². The Balaban J connectivity index is 1.44. The molecule has 1 fully saturated rings. The van der Waals surface area contributed by atoms with Crippen LogP contribution in [0.5, 0.6) is 11.5 Å². The maximum absolute atomic E-state index is 13.6. The van der Waals surface area contributed by atoms with E-state index in [0.717, 1.165) is 12.8 Å². The van der Waals surface area contributed by atoms with E-state index in [0.29, 0.717) is 25.0 Å². The van der Waals surface area contributed by atoms with Crippen LogP contribution in [0, 0.1) is 11.7 Å². The quantitative estimate of drug-likeness (QED) is 0.726. The number of hydrogen-bond acceptors (Lipinski definition) is 4. The molecule has 0 aliphatic heterocycles. The van der Waals surface area contributed by atoms with Crippen LogP contribution < -0.4 is 10.1 Å². The van der Waals surface area contributed by atoms with Crippen molar-refractivity contribution >= 4 is 5.91 Å². The molecule has 1 amide bonds. The van der Waals surface area contributed by atoms with Gasteiger partial charge < -0.3 is 20.3 Å². The number of phenolic OH excluding ortho intramolecular Hbond substituents is 1. The van der Waals surface area contributed by atoms with Gasteiger partial charge in [0.2, 0.25) is 0 Å². The lowest BCUT2D eigenvalue weighted by Gasteiger charge is -2.36. The molecule has 0 radical (unpaired) electrons. The summed E-state index contributed by atoms with van der Waals surface area (Å²) in [6.07, 6.45) is 2.60. The fourth-order valence-corrected chi connectivity index (χ4v) is 3.29. The predicted molar refractivity (Wildman–Crippen MR) is 99.2 cm³/mol. The van der Waals surface area contributed by atoms with Crippen molar-refractivity contribution in [1.82, 2.24) is 5.32 Å². The average Bonchev–Trinajstić information content (AvgIpc) is 2.67. The average molecular weight is 373 g/mol. The zero-order valence-corrected chi connectivity index (χ0v) is 15.0. The number of para-hydroxylation sites is 1. The summed E-state index contributed by atoms with van der Waals surface area (Å²) in [5.74, 6) is -0.0616. The molecule has 6 heteroatoms. The van der Waals surface area contributed by atoms with E-state index in [1.165, 1.54) is 30.3 Å². The number of phenols is 1. The van der Waals surface area contributed by atoms with Gasteiger partial charge in [-0.15, -0.1) is 0 Å². The Morgan fingerprint density at radius 3 is 2.48 bits per heavy atom.